The highest BCUT2D eigenvalue weighted by Gasteiger charge is 2.30. The van der Waals surface area contributed by atoms with Crippen molar-refractivity contribution in [1.29, 1.82) is 0 Å². The average molecular weight is 324 g/mol. The van der Waals surface area contributed by atoms with Gasteiger partial charge in [-0.1, -0.05) is 36.4 Å². The van der Waals surface area contributed by atoms with Crippen LogP contribution in [-0.4, -0.2) is 17.9 Å². The van der Waals surface area contributed by atoms with Gasteiger partial charge in [0.1, 0.15) is 5.75 Å². The van der Waals surface area contributed by atoms with Crippen molar-refractivity contribution >= 4 is 17.5 Å². The van der Waals surface area contributed by atoms with Crippen molar-refractivity contribution in [3.8, 4) is 5.75 Å². The van der Waals surface area contributed by atoms with Crippen LogP contribution in [-0.2, 0) is 9.59 Å². The summed E-state index contributed by atoms with van der Waals surface area (Å²) in [6, 6.07) is 15.1. The SMILES string of the molecule is Cc1ccc2c(c1)NC(=O)C(CC(=O)NC(C)c1ccccc1)O2. The molecule has 2 unspecified atom stereocenters. The molecule has 24 heavy (non-hydrogen) atoms. The number of ether oxygens (including phenoxy) is 1. The lowest BCUT2D eigenvalue weighted by Crippen LogP contribution is -2.41. The second-order valence-corrected chi connectivity index (χ2v) is 6.00. The number of anilines is 1. The van der Waals surface area contributed by atoms with Gasteiger partial charge in [0.15, 0.2) is 6.10 Å². The van der Waals surface area contributed by atoms with Crippen LogP contribution in [0.15, 0.2) is 48.5 Å². The smallest absolute Gasteiger partial charge is 0.266 e. The lowest BCUT2D eigenvalue weighted by atomic mass is 10.1. The normalized spacial score (nSPS) is 17.2. The summed E-state index contributed by atoms with van der Waals surface area (Å²) >= 11 is 0. The molecule has 0 bridgehead atoms. The van der Waals surface area contributed by atoms with Crippen molar-refractivity contribution in [1.82, 2.24) is 5.32 Å². The molecule has 1 heterocycles. The Kier molecular flexibility index (Phi) is 4.51. The van der Waals surface area contributed by atoms with Crippen molar-refractivity contribution in [2.75, 3.05) is 5.32 Å². The van der Waals surface area contributed by atoms with Crippen LogP contribution in [0.3, 0.4) is 0 Å². The molecule has 0 fully saturated rings. The van der Waals surface area contributed by atoms with Crippen molar-refractivity contribution in [3.63, 3.8) is 0 Å². The Morgan fingerprint density at radius 1 is 1.25 bits per heavy atom. The van der Waals surface area contributed by atoms with E-state index in [1.807, 2.05) is 62.4 Å². The monoisotopic (exact) mass is 324 g/mol. The molecule has 0 saturated carbocycles. The summed E-state index contributed by atoms with van der Waals surface area (Å²) in [5.41, 5.74) is 2.69. The molecule has 2 N–H and O–H groups in total. The summed E-state index contributed by atoms with van der Waals surface area (Å²) in [6.07, 6.45) is -0.834. The molecular formula is C19H20N2O3. The summed E-state index contributed by atoms with van der Waals surface area (Å²) < 4.78 is 5.68. The quantitative estimate of drug-likeness (QED) is 0.908. The summed E-state index contributed by atoms with van der Waals surface area (Å²) in [5.74, 6) is 0.0757. The van der Waals surface area contributed by atoms with Crippen LogP contribution in [0.2, 0.25) is 0 Å². The fourth-order valence-corrected chi connectivity index (χ4v) is 2.69. The lowest BCUT2D eigenvalue weighted by molar-refractivity contribution is -0.130. The molecule has 2 amide bonds. The molecule has 0 aliphatic carbocycles. The van der Waals surface area contributed by atoms with Crippen LogP contribution < -0.4 is 15.4 Å². The van der Waals surface area contributed by atoms with Gasteiger partial charge >= 0.3 is 0 Å². The highest BCUT2D eigenvalue weighted by atomic mass is 16.5. The number of nitrogens with one attached hydrogen (secondary N) is 2. The number of carbonyl (C=O) groups excluding carboxylic acids is 2. The molecular weight excluding hydrogens is 304 g/mol. The first-order chi connectivity index (χ1) is 11.5. The molecule has 0 spiro atoms. The Bertz CT molecular complexity index is 758. The third-order valence-electron chi connectivity index (χ3n) is 4.00. The van der Waals surface area contributed by atoms with E-state index >= 15 is 0 Å². The van der Waals surface area contributed by atoms with Crippen LogP contribution in [0.5, 0.6) is 5.75 Å². The van der Waals surface area contributed by atoms with Crippen molar-refractivity contribution < 1.29 is 14.3 Å². The first-order valence-electron chi connectivity index (χ1n) is 7.95. The zero-order chi connectivity index (χ0) is 17.1. The van der Waals surface area contributed by atoms with Gasteiger partial charge in [0.05, 0.1) is 18.2 Å². The van der Waals surface area contributed by atoms with Gasteiger partial charge in [-0.25, -0.2) is 0 Å². The maximum absolute atomic E-state index is 12.2. The van der Waals surface area contributed by atoms with Gasteiger partial charge in [0, 0.05) is 0 Å². The fourth-order valence-electron chi connectivity index (χ4n) is 2.69. The molecule has 3 rings (SSSR count). The number of hydrogen-bond acceptors (Lipinski definition) is 3. The van der Waals surface area contributed by atoms with Crippen molar-refractivity contribution in [2.24, 2.45) is 0 Å². The first kappa shape index (κ1) is 16.1. The molecule has 124 valence electrons. The van der Waals surface area contributed by atoms with E-state index in [0.717, 1.165) is 11.1 Å². The largest absolute Gasteiger partial charge is 0.478 e. The van der Waals surface area contributed by atoms with E-state index in [1.54, 1.807) is 0 Å². The highest BCUT2D eigenvalue weighted by molar-refractivity contribution is 6.00. The average Bonchev–Trinajstić information content (AvgIpc) is 2.56. The number of amides is 2. The number of fused-ring (bicyclic) bond motifs is 1. The maximum Gasteiger partial charge on any atom is 0.266 e. The maximum atomic E-state index is 12.2. The molecule has 1 aliphatic rings. The van der Waals surface area contributed by atoms with Crippen LogP contribution in [0.25, 0.3) is 0 Å². The van der Waals surface area contributed by atoms with E-state index < -0.39 is 6.10 Å². The molecule has 0 radical (unpaired) electrons. The minimum Gasteiger partial charge on any atom is -0.478 e. The standard InChI is InChI=1S/C19H20N2O3/c1-12-8-9-16-15(10-12)21-19(23)17(24-16)11-18(22)20-13(2)14-6-4-3-5-7-14/h3-10,13,17H,11H2,1-2H3,(H,20,22)(H,21,23). The van der Waals surface area contributed by atoms with Gasteiger partial charge in [0.2, 0.25) is 5.91 Å². The van der Waals surface area contributed by atoms with E-state index in [-0.39, 0.29) is 24.3 Å². The Morgan fingerprint density at radius 3 is 2.75 bits per heavy atom. The topological polar surface area (TPSA) is 67.4 Å². The summed E-state index contributed by atoms with van der Waals surface area (Å²) in [5, 5.41) is 5.70. The van der Waals surface area contributed by atoms with E-state index in [9.17, 15) is 9.59 Å². The molecule has 0 saturated heterocycles. The Morgan fingerprint density at radius 2 is 2.00 bits per heavy atom. The third-order valence-corrected chi connectivity index (χ3v) is 4.00. The van der Waals surface area contributed by atoms with Crippen LogP contribution in [0.4, 0.5) is 5.69 Å². The summed E-state index contributed by atoms with van der Waals surface area (Å²) in [7, 11) is 0. The van der Waals surface area contributed by atoms with E-state index in [0.29, 0.717) is 11.4 Å². The fraction of sp³-hybridized carbons (Fsp3) is 0.263. The molecule has 1 aliphatic heterocycles. The third kappa shape index (κ3) is 3.56. The van der Waals surface area contributed by atoms with Crippen LogP contribution >= 0.6 is 0 Å². The van der Waals surface area contributed by atoms with E-state index in [2.05, 4.69) is 10.6 Å². The van der Waals surface area contributed by atoms with E-state index in [4.69, 9.17) is 4.74 Å². The Hall–Kier alpha value is -2.82. The minimum absolute atomic E-state index is 0.0175. The van der Waals surface area contributed by atoms with Gasteiger partial charge in [0.25, 0.3) is 5.91 Å². The molecule has 2 aromatic rings. The predicted octanol–water partition coefficient (Wildman–Crippen LogP) is 2.96. The van der Waals surface area contributed by atoms with Crippen LogP contribution in [0, 0.1) is 6.92 Å². The van der Waals surface area contributed by atoms with Crippen molar-refractivity contribution in [3.05, 3.63) is 59.7 Å². The number of benzene rings is 2. The van der Waals surface area contributed by atoms with Crippen molar-refractivity contribution in [2.45, 2.75) is 32.4 Å². The molecule has 2 atom stereocenters. The second kappa shape index (κ2) is 6.74. The second-order valence-electron chi connectivity index (χ2n) is 6.00. The van der Waals surface area contributed by atoms with Gasteiger partial charge in [-0.2, -0.15) is 0 Å². The molecule has 5 nitrogen and oxygen atoms in total. The zero-order valence-corrected chi connectivity index (χ0v) is 13.7. The molecule has 5 heteroatoms. The predicted molar refractivity (Wildman–Crippen MR) is 91.8 cm³/mol. The Labute approximate surface area is 141 Å². The zero-order valence-electron chi connectivity index (χ0n) is 13.7. The molecule has 2 aromatic carbocycles. The van der Waals surface area contributed by atoms with Gasteiger partial charge in [-0.3, -0.25) is 9.59 Å². The summed E-state index contributed by atoms with van der Waals surface area (Å²) in [6.45, 7) is 3.85. The van der Waals surface area contributed by atoms with Crippen LogP contribution in [0.1, 0.15) is 30.5 Å². The minimum atomic E-state index is -0.817. The Balaban J connectivity index is 1.62. The number of hydrogen-bond donors (Lipinski definition) is 2. The lowest BCUT2D eigenvalue weighted by Gasteiger charge is -2.26. The van der Waals surface area contributed by atoms with Gasteiger partial charge in [-0.15, -0.1) is 0 Å². The number of aryl methyl sites for hydroxylation is 1. The summed E-state index contributed by atoms with van der Waals surface area (Å²) in [4.78, 5) is 24.4. The first-order valence-corrected chi connectivity index (χ1v) is 7.95. The van der Waals surface area contributed by atoms with Gasteiger partial charge in [-0.05, 0) is 37.1 Å². The van der Waals surface area contributed by atoms with E-state index in [1.165, 1.54) is 0 Å². The molecule has 0 aromatic heterocycles. The highest BCUT2D eigenvalue weighted by Crippen LogP contribution is 2.31. The number of carbonyl (C=O) groups is 2. The van der Waals surface area contributed by atoms with Gasteiger partial charge < -0.3 is 15.4 Å². The number of rotatable bonds is 4.